The predicted octanol–water partition coefficient (Wildman–Crippen LogP) is 0.333. The van der Waals surface area contributed by atoms with E-state index in [0.717, 1.165) is 18.7 Å². The molecule has 1 atom stereocenters. The Labute approximate surface area is 102 Å². The molecule has 0 bridgehead atoms. The number of hydrogen-bond donors (Lipinski definition) is 3. The zero-order valence-electron chi connectivity index (χ0n) is 9.84. The van der Waals surface area contributed by atoms with Crippen LogP contribution in [-0.4, -0.2) is 30.6 Å². The maximum absolute atomic E-state index is 11.5. The van der Waals surface area contributed by atoms with Crippen LogP contribution in [0.2, 0.25) is 0 Å². The van der Waals surface area contributed by atoms with Crippen molar-refractivity contribution in [1.29, 1.82) is 0 Å². The summed E-state index contributed by atoms with van der Waals surface area (Å²) in [5, 5.41) is 16.7. The standard InChI is InChI=1S/C10H13N7O/c1-5(9-14-16-17-15-9)11-7-4-8(18)13-10(12-7)6-2-3-6/h4-6H,2-3H2,1H3,(H2,11,12,13,18)(H,14,15,16,17). The smallest absolute Gasteiger partial charge is 0.252 e. The van der Waals surface area contributed by atoms with Crippen LogP contribution in [0, 0.1) is 0 Å². The number of nitrogens with one attached hydrogen (secondary N) is 3. The molecule has 0 spiro atoms. The fraction of sp³-hybridized carbons (Fsp3) is 0.500. The van der Waals surface area contributed by atoms with Crippen LogP contribution in [0.3, 0.4) is 0 Å². The highest BCUT2D eigenvalue weighted by atomic mass is 16.1. The molecular weight excluding hydrogens is 234 g/mol. The first-order valence-corrected chi connectivity index (χ1v) is 5.83. The lowest BCUT2D eigenvalue weighted by molar-refractivity contribution is 0.780. The largest absolute Gasteiger partial charge is 0.360 e. The molecule has 0 saturated heterocycles. The Hall–Kier alpha value is -2.25. The molecule has 0 radical (unpaired) electrons. The number of H-pyrrole nitrogens is 2. The normalized spacial score (nSPS) is 16.5. The minimum absolute atomic E-state index is 0.144. The van der Waals surface area contributed by atoms with Crippen molar-refractivity contribution in [2.75, 3.05) is 5.32 Å². The highest BCUT2D eigenvalue weighted by Crippen LogP contribution is 2.37. The van der Waals surface area contributed by atoms with E-state index >= 15 is 0 Å². The van der Waals surface area contributed by atoms with Crippen LogP contribution in [0.5, 0.6) is 0 Å². The van der Waals surface area contributed by atoms with E-state index in [1.54, 1.807) is 0 Å². The maximum Gasteiger partial charge on any atom is 0.252 e. The van der Waals surface area contributed by atoms with Crippen LogP contribution in [0.25, 0.3) is 0 Å². The first-order valence-electron chi connectivity index (χ1n) is 5.83. The lowest BCUT2D eigenvalue weighted by atomic mass is 10.3. The van der Waals surface area contributed by atoms with Crippen LogP contribution in [0.4, 0.5) is 5.82 Å². The first-order chi connectivity index (χ1) is 8.72. The van der Waals surface area contributed by atoms with Crippen molar-refractivity contribution in [3.05, 3.63) is 28.1 Å². The second-order valence-corrected chi connectivity index (χ2v) is 4.43. The zero-order chi connectivity index (χ0) is 12.5. The number of aromatic nitrogens is 6. The average Bonchev–Trinajstić information content (AvgIpc) is 3.03. The predicted molar refractivity (Wildman–Crippen MR) is 63.0 cm³/mol. The number of hydrogen-bond acceptors (Lipinski definition) is 6. The molecule has 18 heavy (non-hydrogen) atoms. The Balaban J connectivity index is 1.81. The minimum Gasteiger partial charge on any atom is -0.360 e. The third kappa shape index (κ3) is 2.22. The molecule has 0 aromatic carbocycles. The molecule has 1 unspecified atom stereocenters. The molecule has 1 aliphatic rings. The van der Waals surface area contributed by atoms with Gasteiger partial charge in [0.25, 0.3) is 5.56 Å². The molecule has 2 aromatic heterocycles. The van der Waals surface area contributed by atoms with E-state index in [-0.39, 0.29) is 11.6 Å². The second kappa shape index (κ2) is 4.21. The van der Waals surface area contributed by atoms with Gasteiger partial charge in [-0.1, -0.05) is 5.21 Å². The van der Waals surface area contributed by atoms with Gasteiger partial charge in [0.15, 0.2) is 5.82 Å². The van der Waals surface area contributed by atoms with Crippen molar-refractivity contribution >= 4 is 5.82 Å². The summed E-state index contributed by atoms with van der Waals surface area (Å²) >= 11 is 0. The zero-order valence-corrected chi connectivity index (χ0v) is 9.84. The molecule has 3 rings (SSSR count). The van der Waals surface area contributed by atoms with Gasteiger partial charge in [-0.2, -0.15) is 5.21 Å². The van der Waals surface area contributed by atoms with Crippen LogP contribution in [0.1, 0.15) is 43.4 Å². The molecule has 1 fully saturated rings. The molecular formula is C10H13N7O. The number of anilines is 1. The fourth-order valence-electron chi connectivity index (χ4n) is 1.74. The van der Waals surface area contributed by atoms with Crippen molar-refractivity contribution in [2.24, 2.45) is 0 Å². The molecule has 2 aromatic rings. The van der Waals surface area contributed by atoms with E-state index in [4.69, 9.17) is 0 Å². The summed E-state index contributed by atoms with van der Waals surface area (Å²) < 4.78 is 0. The van der Waals surface area contributed by atoms with Crippen molar-refractivity contribution < 1.29 is 0 Å². The molecule has 8 nitrogen and oxygen atoms in total. The van der Waals surface area contributed by atoms with Crippen molar-refractivity contribution in [1.82, 2.24) is 30.6 Å². The number of aromatic amines is 2. The molecule has 3 N–H and O–H groups in total. The van der Waals surface area contributed by atoms with Gasteiger partial charge < -0.3 is 10.3 Å². The maximum atomic E-state index is 11.5. The highest BCUT2D eigenvalue weighted by molar-refractivity contribution is 5.35. The van der Waals surface area contributed by atoms with Crippen molar-refractivity contribution in [3.63, 3.8) is 0 Å². The van der Waals surface area contributed by atoms with Gasteiger partial charge in [-0.05, 0) is 19.8 Å². The van der Waals surface area contributed by atoms with Crippen LogP contribution in [0.15, 0.2) is 10.9 Å². The fourth-order valence-corrected chi connectivity index (χ4v) is 1.74. The molecule has 0 amide bonds. The molecule has 2 heterocycles. The summed E-state index contributed by atoms with van der Waals surface area (Å²) in [7, 11) is 0. The second-order valence-electron chi connectivity index (χ2n) is 4.43. The first kappa shape index (κ1) is 10.9. The van der Waals surface area contributed by atoms with E-state index in [1.807, 2.05) is 6.92 Å². The summed E-state index contributed by atoms with van der Waals surface area (Å²) in [5.41, 5.74) is -0.144. The van der Waals surface area contributed by atoms with Gasteiger partial charge >= 0.3 is 0 Å². The van der Waals surface area contributed by atoms with Gasteiger partial charge in [0.05, 0.1) is 6.04 Å². The Morgan fingerprint density at radius 2 is 2.33 bits per heavy atom. The van der Waals surface area contributed by atoms with Crippen molar-refractivity contribution in [2.45, 2.75) is 31.7 Å². The molecule has 94 valence electrons. The average molecular weight is 247 g/mol. The van der Waals surface area contributed by atoms with Gasteiger partial charge in [0.2, 0.25) is 0 Å². The van der Waals surface area contributed by atoms with E-state index < -0.39 is 0 Å². The molecule has 1 aliphatic carbocycles. The van der Waals surface area contributed by atoms with Crippen molar-refractivity contribution in [3.8, 4) is 0 Å². The summed E-state index contributed by atoms with van der Waals surface area (Å²) in [6.07, 6.45) is 2.18. The van der Waals surface area contributed by atoms with E-state index in [0.29, 0.717) is 17.6 Å². The van der Waals surface area contributed by atoms with Gasteiger partial charge in [-0.15, -0.1) is 10.2 Å². The lowest BCUT2D eigenvalue weighted by Crippen LogP contribution is -2.16. The Bertz CT molecular complexity index is 587. The summed E-state index contributed by atoms with van der Waals surface area (Å²) in [5.74, 6) is 2.23. The van der Waals surface area contributed by atoms with E-state index in [2.05, 4.69) is 35.9 Å². The Kier molecular flexibility index (Phi) is 2.54. The summed E-state index contributed by atoms with van der Waals surface area (Å²) in [6.45, 7) is 1.88. The van der Waals surface area contributed by atoms with E-state index in [9.17, 15) is 4.79 Å². The molecule has 8 heteroatoms. The topological polar surface area (TPSA) is 112 Å². The number of tetrazole rings is 1. The quantitative estimate of drug-likeness (QED) is 0.717. The third-order valence-electron chi connectivity index (χ3n) is 2.84. The van der Waals surface area contributed by atoms with Crippen LogP contribution in [-0.2, 0) is 0 Å². The number of rotatable bonds is 4. The van der Waals surface area contributed by atoms with Gasteiger partial charge in [0, 0.05) is 12.0 Å². The van der Waals surface area contributed by atoms with Crippen LogP contribution < -0.4 is 10.9 Å². The van der Waals surface area contributed by atoms with Gasteiger partial charge in [-0.3, -0.25) is 4.79 Å². The monoisotopic (exact) mass is 247 g/mol. The highest BCUT2D eigenvalue weighted by Gasteiger charge is 2.26. The summed E-state index contributed by atoms with van der Waals surface area (Å²) in [4.78, 5) is 18.7. The minimum atomic E-state index is -0.162. The van der Waals surface area contributed by atoms with Crippen LogP contribution >= 0.6 is 0 Å². The Morgan fingerprint density at radius 3 is 3.00 bits per heavy atom. The Morgan fingerprint density at radius 1 is 1.50 bits per heavy atom. The summed E-state index contributed by atoms with van der Waals surface area (Å²) in [6, 6.07) is 1.27. The lowest BCUT2D eigenvalue weighted by Gasteiger charge is -2.10. The molecule has 0 aliphatic heterocycles. The third-order valence-corrected chi connectivity index (χ3v) is 2.84. The SMILES string of the molecule is CC(Nc1cc(=O)[nH]c(C2CC2)n1)c1nn[nH]n1. The van der Waals surface area contributed by atoms with Gasteiger partial charge in [-0.25, -0.2) is 4.98 Å². The van der Waals surface area contributed by atoms with E-state index in [1.165, 1.54) is 6.07 Å². The molecule has 1 saturated carbocycles. The number of nitrogens with zero attached hydrogens (tertiary/aromatic N) is 4. The van der Waals surface area contributed by atoms with Gasteiger partial charge in [0.1, 0.15) is 11.6 Å².